The van der Waals surface area contributed by atoms with Crippen molar-refractivity contribution in [1.29, 1.82) is 0 Å². The molecule has 0 bridgehead atoms. The fourth-order valence-electron chi connectivity index (χ4n) is 7.96. The van der Waals surface area contributed by atoms with E-state index in [2.05, 4.69) is 43.4 Å². The molecule has 3 aromatic rings. The zero-order valence-electron chi connectivity index (χ0n) is 27.4. The number of urea groups is 1. The first-order valence-corrected chi connectivity index (χ1v) is 18.4. The van der Waals surface area contributed by atoms with Gasteiger partial charge in [-0.05, 0) is 81.9 Å². The first-order chi connectivity index (χ1) is 22.7. The van der Waals surface area contributed by atoms with Gasteiger partial charge in [-0.2, -0.15) is 5.10 Å². The Bertz CT molecular complexity index is 1670. The topological polar surface area (TPSA) is 144 Å². The number of nitrogens with one attached hydrogen (secondary N) is 3. The molecule has 3 fully saturated rings. The Kier molecular flexibility index (Phi) is 9.32. The fourth-order valence-corrected chi connectivity index (χ4v) is 9.23. The van der Waals surface area contributed by atoms with Crippen molar-refractivity contribution in [2.75, 3.05) is 65.2 Å². The van der Waals surface area contributed by atoms with Gasteiger partial charge in [0.25, 0.3) is 5.56 Å². The summed E-state index contributed by atoms with van der Waals surface area (Å²) < 4.78 is 12.2. The summed E-state index contributed by atoms with van der Waals surface area (Å²) in [6.45, 7) is 8.26. The number of carbonyl (C=O) groups excluding carboxylic acids is 2. The minimum absolute atomic E-state index is 0.0325. The molecule has 3 N–H and O–H groups in total. The summed E-state index contributed by atoms with van der Waals surface area (Å²) in [4.78, 5) is 52.2. The van der Waals surface area contributed by atoms with Gasteiger partial charge in [0.05, 0.1) is 11.7 Å². The van der Waals surface area contributed by atoms with Crippen LogP contribution in [0.5, 0.6) is 0 Å². The molecule has 0 radical (unpaired) electrons. The van der Waals surface area contributed by atoms with E-state index in [4.69, 9.17) is 0 Å². The molecule has 12 nitrogen and oxygen atoms in total. The molecule has 6 heterocycles. The third-order valence-corrected chi connectivity index (χ3v) is 12.2. The number of rotatable bonds is 6. The maximum atomic E-state index is 14.1. The number of piperazine rings is 1. The van der Waals surface area contributed by atoms with Crippen LogP contribution in [0.2, 0.25) is 0 Å². The predicted octanol–water partition coefficient (Wildman–Crippen LogP) is 1.96. The summed E-state index contributed by atoms with van der Waals surface area (Å²) in [5.74, 6) is 0.546. The number of piperidine rings is 2. The highest BCUT2D eigenvalue weighted by molar-refractivity contribution is 7.91. The van der Waals surface area contributed by atoms with E-state index in [1.807, 2.05) is 24.0 Å². The van der Waals surface area contributed by atoms with Gasteiger partial charge in [-0.15, -0.1) is 0 Å². The minimum atomic E-state index is -1.13. The van der Waals surface area contributed by atoms with Gasteiger partial charge in [-0.1, -0.05) is 6.07 Å². The normalized spacial score (nSPS) is 22.5. The number of amides is 3. The second-order valence-electron chi connectivity index (χ2n) is 13.8. The van der Waals surface area contributed by atoms with Gasteiger partial charge in [-0.25, -0.2) is 4.79 Å². The number of carbonyl (C=O) groups is 2. The lowest BCUT2D eigenvalue weighted by molar-refractivity contribution is -0.135. The second-order valence-corrected chi connectivity index (χ2v) is 15.3. The molecular formula is C34H46N8O4S. The number of hydrogen-bond donors (Lipinski definition) is 3. The number of hydrogen-bond acceptors (Lipinski definition) is 7. The van der Waals surface area contributed by atoms with E-state index in [1.165, 1.54) is 0 Å². The van der Waals surface area contributed by atoms with Gasteiger partial charge < -0.3 is 24.6 Å². The van der Waals surface area contributed by atoms with Gasteiger partial charge in [0.2, 0.25) is 10.9 Å². The van der Waals surface area contributed by atoms with Crippen molar-refractivity contribution >= 4 is 34.0 Å². The summed E-state index contributed by atoms with van der Waals surface area (Å²) in [5.41, 5.74) is 4.53. The number of likely N-dealkylation sites (tertiary alicyclic amines) is 2. The third kappa shape index (κ3) is 6.81. The van der Waals surface area contributed by atoms with Crippen molar-refractivity contribution in [3.05, 3.63) is 57.0 Å². The van der Waals surface area contributed by atoms with Crippen LogP contribution in [0.3, 0.4) is 0 Å². The van der Waals surface area contributed by atoms with Crippen LogP contribution in [0.1, 0.15) is 53.9 Å². The molecule has 1 aromatic carbocycles. The molecule has 4 aliphatic rings. The Morgan fingerprint density at radius 3 is 2.51 bits per heavy atom. The highest BCUT2D eigenvalue weighted by atomic mass is 32.2. The zero-order valence-corrected chi connectivity index (χ0v) is 28.2. The van der Waals surface area contributed by atoms with Crippen molar-refractivity contribution in [2.24, 2.45) is 0 Å². The molecule has 1 unspecified atom stereocenters. The molecule has 0 aliphatic carbocycles. The summed E-state index contributed by atoms with van der Waals surface area (Å²) in [6, 6.07) is 5.68. The molecule has 2 aromatic heterocycles. The van der Waals surface area contributed by atoms with Gasteiger partial charge in [0, 0.05) is 85.8 Å². The van der Waals surface area contributed by atoms with E-state index in [-0.39, 0.29) is 23.4 Å². The maximum Gasteiger partial charge on any atom is 0.318 e. The average molecular weight is 663 g/mol. The Balaban J connectivity index is 1.02. The van der Waals surface area contributed by atoms with Crippen molar-refractivity contribution in [3.8, 4) is 0 Å². The van der Waals surface area contributed by atoms with E-state index in [0.29, 0.717) is 68.7 Å². The Morgan fingerprint density at radius 1 is 1.02 bits per heavy atom. The van der Waals surface area contributed by atoms with E-state index in [0.717, 1.165) is 72.2 Å². The van der Waals surface area contributed by atoms with Gasteiger partial charge in [-0.3, -0.25) is 24.6 Å². The number of aromatic amines is 2. The van der Waals surface area contributed by atoms with Gasteiger partial charge in [0.1, 0.15) is 11.8 Å². The van der Waals surface area contributed by atoms with Crippen LogP contribution in [0, 0.1) is 6.92 Å². The number of fused-ring (bicyclic) bond motifs is 2. The van der Waals surface area contributed by atoms with Crippen molar-refractivity contribution in [1.82, 2.24) is 40.1 Å². The molecule has 252 valence electrons. The number of aryl methyl sites for hydroxylation is 2. The number of nitrogens with zero attached hydrogens (tertiary/aromatic N) is 5. The van der Waals surface area contributed by atoms with Gasteiger partial charge in [0.15, 0.2) is 0 Å². The molecule has 3 saturated heterocycles. The molecule has 47 heavy (non-hydrogen) atoms. The number of pyridine rings is 1. The van der Waals surface area contributed by atoms with Crippen molar-refractivity contribution < 1.29 is 14.1 Å². The first-order valence-electron chi connectivity index (χ1n) is 17.1. The van der Waals surface area contributed by atoms with Crippen LogP contribution in [0.25, 0.3) is 10.9 Å². The molecule has 7 rings (SSSR count). The SMILES string of the molecule is Cc1cc(C[C@@H](NC(=O)N2CCC(c3cc4c([nH]c3=O)[S+]([O-])CC4)CC2)C(=O)N2CCN(C3CCN(C)CC3)CC2)cc2cn[nH]c12. The predicted molar refractivity (Wildman–Crippen MR) is 181 cm³/mol. The Labute approximate surface area is 278 Å². The highest BCUT2D eigenvalue weighted by Gasteiger charge is 2.35. The lowest BCUT2D eigenvalue weighted by Crippen LogP contribution is -2.59. The van der Waals surface area contributed by atoms with Crippen molar-refractivity contribution in [2.45, 2.75) is 68.5 Å². The fraction of sp³-hybridized carbons (Fsp3) is 0.588. The van der Waals surface area contributed by atoms with Crippen LogP contribution < -0.4 is 10.9 Å². The number of aromatic nitrogens is 3. The lowest BCUT2D eigenvalue weighted by Gasteiger charge is -2.43. The standard InChI is InChI=1S/C34H46N8O4S/c1-22-17-23(18-26-21-35-38-30(22)26)19-29(33(44)41-14-12-40(13-15-41)27-5-8-39(2)9-6-27)36-34(45)42-10-3-24(4-11-42)28-20-25-7-16-47(46)32(25)37-31(28)43/h17-18,20-21,24,27,29H,3-16,19H2,1-2H3,(H,35,38)(H,36,45)(H,37,43)/t29-,47?/m1/s1. The quantitative estimate of drug-likeness (QED) is 0.343. The van der Waals surface area contributed by atoms with Crippen LogP contribution in [-0.2, 0) is 28.8 Å². The Hall–Kier alpha value is -3.39. The number of benzene rings is 1. The Morgan fingerprint density at radius 2 is 1.77 bits per heavy atom. The van der Waals surface area contributed by atoms with Crippen LogP contribution in [-0.4, -0.2) is 129 Å². The molecule has 4 aliphatic heterocycles. The van der Waals surface area contributed by atoms with E-state index < -0.39 is 17.2 Å². The minimum Gasteiger partial charge on any atom is -0.610 e. The van der Waals surface area contributed by atoms with E-state index in [9.17, 15) is 18.9 Å². The average Bonchev–Trinajstić information content (AvgIpc) is 3.71. The molecule has 0 spiro atoms. The first kappa shape index (κ1) is 32.2. The zero-order chi connectivity index (χ0) is 32.7. The maximum absolute atomic E-state index is 14.1. The number of H-pyrrole nitrogens is 2. The summed E-state index contributed by atoms with van der Waals surface area (Å²) in [6.07, 6.45) is 6.54. The molecule has 13 heteroatoms. The molecule has 2 atom stereocenters. The monoisotopic (exact) mass is 662 g/mol. The molecule has 0 saturated carbocycles. The second kappa shape index (κ2) is 13.6. The van der Waals surface area contributed by atoms with Crippen LogP contribution in [0.4, 0.5) is 4.79 Å². The van der Waals surface area contributed by atoms with E-state index >= 15 is 0 Å². The largest absolute Gasteiger partial charge is 0.610 e. The van der Waals surface area contributed by atoms with Crippen LogP contribution >= 0.6 is 0 Å². The van der Waals surface area contributed by atoms with E-state index in [1.54, 1.807) is 11.1 Å². The smallest absolute Gasteiger partial charge is 0.318 e. The third-order valence-electron chi connectivity index (χ3n) is 10.8. The molecular weight excluding hydrogens is 616 g/mol. The van der Waals surface area contributed by atoms with Crippen LogP contribution in [0.15, 0.2) is 34.2 Å². The summed E-state index contributed by atoms with van der Waals surface area (Å²) >= 11 is -1.13. The van der Waals surface area contributed by atoms with Gasteiger partial charge >= 0.3 is 6.03 Å². The van der Waals surface area contributed by atoms with Crippen molar-refractivity contribution in [3.63, 3.8) is 0 Å². The molecule has 3 amide bonds. The summed E-state index contributed by atoms with van der Waals surface area (Å²) in [5, 5.41) is 11.9. The summed E-state index contributed by atoms with van der Waals surface area (Å²) in [7, 11) is 2.18. The highest BCUT2D eigenvalue weighted by Crippen LogP contribution is 2.30. The lowest BCUT2D eigenvalue weighted by atomic mass is 9.89.